The van der Waals surface area contributed by atoms with Crippen LogP contribution in [0.15, 0.2) is 24.5 Å². The Morgan fingerprint density at radius 3 is 3.10 bits per heavy atom. The zero-order valence-electron chi connectivity index (χ0n) is 10.7. The Morgan fingerprint density at radius 1 is 1.45 bits per heavy atom. The summed E-state index contributed by atoms with van der Waals surface area (Å²) in [5, 5.41) is 0. The summed E-state index contributed by atoms with van der Waals surface area (Å²) >= 11 is 0. The van der Waals surface area contributed by atoms with Gasteiger partial charge in [0, 0.05) is 12.1 Å². The first-order valence-corrected chi connectivity index (χ1v) is 6.28. The number of ether oxygens (including phenoxy) is 1. The fourth-order valence-corrected chi connectivity index (χ4v) is 2.32. The predicted molar refractivity (Wildman–Crippen MR) is 70.9 cm³/mol. The van der Waals surface area contributed by atoms with E-state index in [0.717, 1.165) is 11.0 Å². The largest absolute Gasteiger partial charge is 0.377 e. The number of nitrogens with zero attached hydrogens (tertiary/aromatic N) is 2. The van der Waals surface area contributed by atoms with Gasteiger partial charge in [-0.3, -0.25) is 9.59 Å². The third-order valence-corrected chi connectivity index (χ3v) is 3.38. The van der Waals surface area contributed by atoms with Gasteiger partial charge < -0.3 is 20.4 Å². The summed E-state index contributed by atoms with van der Waals surface area (Å²) in [4.78, 5) is 32.4. The van der Waals surface area contributed by atoms with Crippen molar-refractivity contribution >= 4 is 22.8 Å². The predicted octanol–water partition coefficient (Wildman–Crippen LogP) is -0.111. The molecule has 2 aromatic rings. The van der Waals surface area contributed by atoms with E-state index in [4.69, 9.17) is 10.5 Å². The van der Waals surface area contributed by atoms with Crippen LogP contribution in [0.3, 0.4) is 0 Å². The van der Waals surface area contributed by atoms with Crippen LogP contribution in [-0.4, -0.2) is 52.5 Å². The van der Waals surface area contributed by atoms with Crippen molar-refractivity contribution in [3.63, 3.8) is 0 Å². The second kappa shape index (κ2) is 4.93. The highest BCUT2D eigenvalue weighted by molar-refractivity contribution is 5.99. The minimum absolute atomic E-state index is 0.146. The van der Waals surface area contributed by atoms with Gasteiger partial charge in [-0.1, -0.05) is 0 Å². The number of hydrogen-bond donors (Lipinski definition) is 2. The molecule has 1 aromatic carbocycles. The van der Waals surface area contributed by atoms with Crippen LogP contribution in [0.5, 0.6) is 0 Å². The van der Waals surface area contributed by atoms with E-state index in [2.05, 4.69) is 9.97 Å². The molecule has 3 rings (SSSR count). The first-order chi connectivity index (χ1) is 9.66. The number of carbonyl (C=O) groups is 2. The van der Waals surface area contributed by atoms with Crippen molar-refractivity contribution in [2.45, 2.75) is 6.04 Å². The minimum atomic E-state index is -0.714. The lowest BCUT2D eigenvalue weighted by Crippen LogP contribution is -2.54. The molecule has 2 heterocycles. The molecule has 0 saturated carbocycles. The highest BCUT2D eigenvalue weighted by atomic mass is 16.5. The van der Waals surface area contributed by atoms with Crippen molar-refractivity contribution in [2.75, 3.05) is 19.8 Å². The SMILES string of the molecule is NC(=O)C1COCCN1C(=O)c1ccc2nc[nH]c2c1. The van der Waals surface area contributed by atoms with Gasteiger partial charge in [0.25, 0.3) is 5.91 Å². The van der Waals surface area contributed by atoms with Gasteiger partial charge in [0.1, 0.15) is 6.04 Å². The van der Waals surface area contributed by atoms with Crippen LogP contribution in [-0.2, 0) is 9.53 Å². The Labute approximate surface area is 114 Å². The maximum absolute atomic E-state index is 12.5. The molecule has 0 spiro atoms. The van der Waals surface area contributed by atoms with E-state index in [1.807, 2.05) is 0 Å². The number of rotatable bonds is 2. The monoisotopic (exact) mass is 274 g/mol. The first kappa shape index (κ1) is 12.6. The number of carbonyl (C=O) groups excluding carboxylic acids is 2. The molecule has 7 nitrogen and oxygen atoms in total. The molecule has 1 atom stereocenters. The van der Waals surface area contributed by atoms with Gasteiger partial charge in [-0.2, -0.15) is 0 Å². The molecule has 1 aliphatic rings. The van der Waals surface area contributed by atoms with Crippen molar-refractivity contribution in [2.24, 2.45) is 5.73 Å². The van der Waals surface area contributed by atoms with Crippen molar-refractivity contribution < 1.29 is 14.3 Å². The van der Waals surface area contributed by atoms with Crippen LogP contribution < -0.4 is 5.73 Å². The third kappa shape index (κ3) is 2.12. The molecule has 1 aromatic heterocycles. The van der Waals surface area contributed by atoms with Crippen LogP contribution in [0.25, 0.3) is 11.0 Å². The molecule has 0 aliphatic carbocycles. The number of nitrogens with two attached hydrogens (primary N) is 1. The second-order valence-corrected chi connectivity index (χ2v) is 4.63. The molecule has 3 N–H and O–H groups in total. The third-order valence-electron chi connectivity index (χ3n) is 3.38. The standard InChI is InChI=1S/C13H14N4O3/c14-12(18)11-6-20-4-3-17(11)13(19)8-1-2-9-10(5-8)16-7-15-9/h1-2,5,7,11H,3-4,6H2,(H2,14,18)(H,15,16). The number of H-pyrrole nitrogens is 1. The zero-order chi connectivity index (χ0) is 14.1. The van der Waals surface area contributed by atoms with E-state index in [1.165, 1.54) is 4.90 Å². The van der Waals surface area contributed by atoms with Gasteiger partial charge in [0.05, 0.1) is 30.6 Å². The molecule has 1 aliphatic heterocycles. The maximum Gasteiger partial charge on any atom is 0.254 e. The molecule has 0 bridgehead atoms. The lowest BCUT2D eigenvalue weighted by Gasteiger charge is -2.33. The summed E-state index contributed by atoms with van der Waals surface area (Å²) in [5.74, 6) is -0.783. The maximum atomic E-state index is 12.5. The number of aromatic nitrogens is 2. The molecule has 1 saturated heterocycles. The smallest absolute Gasteiger partial charge is 0.254 e. The Balaban J connectivity index is 1.91. The lowest BCUT2D eigenvalue weighted by atomic mass is 10.1. The summed E-state index contributed by atoms with van der Waals surface area (Å²) in [7, 11) is 0. The van der Waals surface area contributed by atoms with E-state index in [-0.39, 0.29) is 12.5 Å². The van der Waals surface area contributed by atoms with Gasteiger partial charge in [0.15, 0.2) is 0 Å². The van der Waals surface area contributed by atoms with Crippen molar-refractivity contribution in [1.29, 1.82) is 0 Å². The van der Waals surface area contributed by atoms with Crippen molar-refractivity contribution in [1.82, 2.24) is 14.9 Å². The molecule has 104 valence electrons. The highest BCUT2D eigenvalue weighted by Crippen LogP contribution is 2.16. The lowest BCUT2D eigenvalue weighted by molar-refractivity contribution is -0.127. The quantitative estimate of drug-likeness (QED) is 0.797. The number of primary amides is 1. The Morgan fingerprint density at radius 2 is 2.30 bits per heavy atom. The minimum Gasteiger partial charge on any atom is -0.377 e. The average Bonchev–Trinajstić information content (AvgIpc) is 2.93. The number of imidazole rings is 1. The molecule has 0 radical (unpaired) electrons. The van der Waals surface area contributed by atoms with Crippen LogP contribution in [0.1, 0.15) is 10.4 Å². The molecule has 1 unspecified atom stereocenters. The average molecular weight is 274 g/mol. The van der Waals surface area contributed by atoms with Gasteiger partial charge >= 0.3 is 0 Å². The van der Waals surface area contributed by atoms with E-state index in [1.54, 1.807) is 24.5 Å². The van der Waals surface area contributed by atoms with Gasteiger partial charge in [0.2, 0.25) is 5.91 Å². The summed E-state index contributed by atoms with van der Waals surface area (Å²) < 4.78 is 5.21. The number of fused-ring (bicyclic) bond motifs is 1. The number of benzene rings is 1. The van der Waals surface area contributed by atoms with Crippen molar-refractivity contribution in [3.8, 4) is 0 Å². The van der Waals surface area contributed by atoms with E-state index < -0.39 is 11.9 Å². The fraction of sp³-hybridized carbons (Fsp3) is 0.308. The van der Waals surface area contributed by atoms with E-state index in [0.29, 0.717) is 18.7 Å². The van der Waals surface area contributed by atoms with Crippen molar-refractivity contribution in [3.05, 3.63) is 30.1 Å². The fourth-order valence-electron chi connectivity index (χ4n) is 2.32. The van der Waals surface area contributed by atoms with E-state index >= 15 is 0 Å². The first-order valence-electron chi connectivity index (χ1n) is 6.28. The number of nitrogens with one attached hydrogen (secondary N) is 1. The molecule has 7 heteroatoms. The van der Waals surface area contributed by atoms with Crippen LogP contribution in [0.2, 0.25) is 0 Å². The topological polar surface area (TPSA) is 101 Å². The molecular formula is C13H14N4O3. The molecule has 20 heavy (non-hydrogen) atoms. The van der Waals surface area contributed by atoms with Crippen LogP contribution >= 0.6 is 0 Å². The molecule has 1 fully saturated rings. The number of aromatic amines is 1. The molecule has 2 amide bonds. The molecular weight excluding hydrogens is 260 g/mol. The van der Waals surface area contributed by atoms with Gasteiger partial charge in [-0.05, 0) is 18.2 Å². The van der Waals surface area contributed by atoms with Gasteiger partial charge in [-0.15, -0.1) is 0 Å². The summed E-state index contributed by atoms with van der Waals surface area (Å²) in [6.07, 6.45) is 1.57. The Kier molecular flexibility index (Phi) is 3.11. The Bertz CT molecular complexity index is 666. The summed E-state index contributed by atoms with van der Waals surface area (Å²) in [5.41, 5.74) is 7.38. The highest BCUT2D eigenvalue weighted by Gasteiger charge is 2.31. The Hall–Kier alpha value is -2.41. The summed E-state index contributed by atoms with van der Waals surface area (Å²) in [6.45, 7) is 0.905. The number of amides is 2. The second-order valence-electron chi connectivity index (χ2n) is 4.63. The van der Waals surface area contributed by atoms with Crippen LogP contribution in [0.4, 0.5) is 0 Å². The number of morpholine rings is 1. The van der Waals surface area contributed by atoms with Gasteiger partial charge in [-0.25, -0.2) is 4.98 Å². The van der Waals surface area contributed by atoms with Crippen LogP contribution in [0, 0.1) is 0 Å². The summed E-state index contributed by atoms with van der Waals surface area (Å²) in [6, 6.07) is 4.46. The zero-order valence-corrected chi connectivity index (χ0v) is 10.7. The number of hydrogen-bond acceptors (Lipinski definition) is 4. The normalized spacial score (nSPS) is 19.2. The van der Waals surface area contributed by atoms with E-state index in [9.17, 15) is 9.59 Å².